The van der Waals surface area contributed by atoms with Crippen molar-refractivity contribution < 1.29 is 4.79 Å². The monoisotopic (exact) mass is 285 g/mol. The lowest BCUT2D eigenvalue weighted by Crippen LogP contribution is -2.22. The van der Waals surface area contributed by atoms with Crippen molar-refractivity contribution in [3.05, 3.63) is 0 Å². The average molecular weight is 287 g/mol. The molecular weight excluding hydrogens is 282 g/mol. The number of Topliss-reactive ketones (excluding diaryl/α,β-unsaturated/α-hetero) is 1. The first kappa shape index (κ1) is 8.74. The Kier molecular flexibility index (Phi) is 2.94. The highest BCUT2D eigenvalue weighted by Gasteiger charge is 2.29. The summed E-state index contributed by atoms with van der Waals surface area (Å²) in [6.45, 7) is 1.85. The van der Waals surface area contributed by atoms with Crippen LogP contribution in [0.4, 0.5) is 0 Å². The Morgan fingerprint density at radius 1 is 1.70 bits per heavy atom. The summed E-state index contributed by atoms with van der Waals surface area (Å²) in [6, 6.07) is 0. The molecule has 56 valence electrons. The van der Waals surface area contributed by atoms with Gasteiger partial charge in [0, 0.05) is 0 Å². The van der Waals surface area contributed by atoms with Gasteiger partial charge in [0.1, 0.15) is 9.45 Å². The van der Waals surface area contributed by atoms with E-state index in [1.807, 2.05) is 6.92 Å². The lowest BCUT2D eigenvalue weighted by Gasteiger charge is -1.98. The van der Waals surface area contributed by atoms with Crippen molar-refractivity contribution >= 4 is 55.3 Å². The molecule has 1 aliphatic heterocycles. The molecule has 0 saturated carbocycles. The lowest BCUT2D eigenvalue weighted by atomic mass is 10.2. The molecule has 1 unspecified atom stereocenters. The molecule has 0 amide bonds. The van der Waals surface area contributed by atoms with Crippen LogP contribution in [-0.2, 0) is 4.79 Å². The smallest absolute Gasteiger partial charge is 0.194 e. The number of halogens is 2. The third kappa shape index (κ3) is 1.62. The minimum absolute atomic E-state index is 0.00685. The second-order valence-electron chi connectivity index (χ2n) is 1.89. The van der Waals surface area contributed by atoms with Gasteiger partial charge in [0.05, 0.1) is 5.25 Å². The topological polar surface area (TPSA) is 29.4 Å². The van der Waals surface area contributed by atoms with E-state index in [0.29, 0.717) is 5.71 Å². The lowest BCUT2D eigenvalue weighted by molar-refractivity contribution is -0.112. The maximum atomic E-state index is 11.1. The Labute approximate surface area is 80.2 Å². The summed E-state index contributed by atoms with van der Waals surface area (Å²) >= 11 is 7.76. The summed E-state index contributed by atoms with van der Waals surface area (Å²) in [5, 5.41) is -0.00685. The standard InChI is InChI=1S/C5H5Br2NOS/c1-2-4(9)3(5(6)7)8-10-2/h2,5H,1H3. The molecule has 2 nitrogen and oxygen atoms in total. The van der Waals surface area contributed by atoms with Crippen LogP contribution in [0.1, 0.15) is 6.92 Å². The Balaban J connectivity index is 2.72. The van der Waals surface area contributed by atoms with Gasteiger partial charge in [-0.2, -0.15) is 0 Å². The molecule has 0 radical (unpaired) electrons. The quantitative estimate of drug-likeness (QED) is 0.546. The fraction of sp³-hybridized carbons (Fsp3) is 0.600. The van der Waals surface area contributed by atoms with E-state index in [0.717, 1.165) is 0 Å². The molecule has 10 heavy (non-hydrogen) atoms. The molecule has 0 fully saturated rings. The summed E-state index contributed by atoms with van der Waals surface area (Å²) in [5.74, 6) is 0.115. The van der Waals surface area contributed by atoms with Crippen molar-refractivity contribution in [2.45, 2.75) is 15.9 Å². The summed E-state index contributed by atoms with van der Waals surface area (Å²) in [7, 11) is 0. The minimum Gasteiger partial charge on any atom is -0.291 e. The minimum atomic E-state index is -0.0926. The van der Waals surface area contributed by atoms with Crippen LogP contribution in [0, 0.1) is 0 Å². The van der Waals surface area contributed by atoms with Gasteiger partial charge in [-0.15, -0.1) is 0 Å². The highest BCUT2D eigenvalue weighted by Crippen LogP contribution is 2.26. The first-order valence-electron chi connectivity index (χ1n) is 2.69. The Hall–Kier alpha value is 0.650. The number of carbonyl (C=O) groups is 1. The maximum Gasteiger partial charge on any atom is 0.194 e. The number of rotatable bonds is 1. The van der Waals surface area contributed by atoms with E-state index in [4.69, 9.17) is 0 Å². The van der Waals surface area contributed by atoms with Gasteiger partial charge in [0.2, 0.25) is 0 Å². The Morgan fingerprint density at radius 3 is 2.50 bits per heavy atom. The van der Waals surface area contributed by atoms with E-state index in [9.17, 15) is 4.79 Å². The van der Waals surface area contributed by atoms with Gasteiger partial charge in [-0.25, -0.2) is 4.40 Å². The zero-order valence-corrected chi connectivity index (χ0v) is 9.16. The van der Waals surface area contributed by atoms with E-state index < -0.39 is 0 Å². The van der Waals surface area contributed by atoms with Gasteiger partial charge < -0.3 is 0 Å². The van der Waals surface area contributed by atoms with Gasteiger partial charge in [0.15, 0.2) is 5.78 Å². The summed E-state index contributed by atoms with van der Waals surface area (Å²) in [6.07, 6.45) is 0. The van der Waals surface area contributed by atoms with Crippen LogP contribution in [-0.4, -0.2) is 20.5 Å². The number of hydrogen-bond acceptors (Lipinski definition) is 3. The van der Waals surface area contributed by atoms with Crippen LogP contribution in [0.5, 0.6) is 0 Å². The van der Waals surface area contributed by atoms with Gasteiger partial charge in [-0.3, -0.25) is 4.79 Å². The zero-order valence-electron chi connectivity index (χ0n) is 5.17. The van der Waals surface area contributed by atoms with Crippen molar-refractivity contribution in [3.8, 4) is 0 Å². The van der Waals surface area contributed by atoms with Crippen molar-refractivity contribution in [1.82, 2.24) is 0 Å². The third-order valence-electron chi connectivity index (χ3n) is 1.14. The normalized spacial score (nSPS) is 25.8. The maximum absolute atomic E-state index is 11.1. The SMILES string of the molecule is CC1SN=C(C(Br)Br)C1=O. The molecule has 0 aliphatic carbocycles. The van der Waals surface area contributed by atoms with Crippen LogP contribution < -0.4 is 0 Å². The summed E-state index contributed by atoms with van der Waals surface area (Å²) in [4.78, 5) is 11.1. The van der Waals surface area contributed by atoms with E-state index >= 15 is 0 Å². The van der Waals surface area contributed by atoms with E-state index in [1.54, 1.807) is 0 Å². The molecule has 5 heteroatoms. The predicted molar refractivity (Wildman–Crippen MR) is 51.1 cm³/mol. The molecule has 0 aromatic heterocycles. The largest absolute Gasteiger partial charge is 0.291 e. The summed E-state index contributed by atoms with van der Waals surface area (Å²) < 4.78 is 3.89. The zero-order chi connectivity index (χ0) is 7.72. The molecule has 1 aliphatic rings. The Morgan fingerprint density at radius 2 is 2.30 bits per heavy atom. The van der Waals surface area contributed by atoms with Crippen molar-refractivity contribution in [2.75, 3.05) is 0 Å². The predicted octanol–water partition coefficient (Wildman–Crippen LogP) is 2.16. The first-order valence-corrected chi connectivity index (χ1v) is 5.36. The van der Waals surface area contributed by atoms with Gasteiger partial charge >= 0.3 is 0 Å². The number of carbonyl (C=O) groups excluding carboxylic acids is 1. The molecule has 1 rings (SSSR count). The molecule has 1 heterocycles. The average Bonchev–Trinajstić information content (AvgIpc) is 2.14. The number of ketones is 1. The van der Waals surface area contributed by atoms with Crippen molar-refractivity contribution in [2.24, 2.45) is 4.40 Å². The molecular formula is C5H5Br2NOS. The fourth-order valence-corrected chi connectivity index (χ4v) is 2.19. The number of nitrogens with zero attached hydrogens (tertiary/aromatic N) is 1. The van der Waals surface area contributed by atoms with Crippen LogP contribution in [0.2, 0.25) is 0 Å². The van der Waals surface area contributed by atoms with Crippen molar-refractivity contribution in [1.29, 1.82) is 0 Å². The van der Waals surface area contributed by atoms with E-state index in [2.05, 4.69) is 36.3 Å². The fourth-order valence-electron chi connectivity index (χ4n) is 0.584. The number of alkyl halides is 2. The second kappa shape index (κ2) is 3.36. The number of hydrogen-bond donors (Lipinski definition) is 0. The molecule has 0 saturated heterocycles. The molecule has 0 N–H and O–H groups in total. The summed E-state index contributed by atoms with van der Waals surface area (Å²) in [5.41, 5.74) is 0.581. The highest BCUT2D eigenvalue weighted by atomic mass is 79.9. The third-order valence-corrected chi connectivity index (χ3v) is 2.84. The van der Waals surface area contributed by atoms with Gasteiger partial charge in [-0.1, -0.05) is 31.9 Å². The molecule has 0 aromatic rings. The molecule has 1 atom stereocenters. The van der Waals surface area contributed by atoms with Gasteiger partial charge in [0.25, 0.3) is 0 Å². The van der Waals surface area contributed by atoms with Crippen LogP contribution >= 0.6 is 43.8 Å². The van der Waals surface area contributed by atoms with Gasteiger partial charge in [-0.05, 0) is 18.9 Å². The second-order valence-corrected chi connectivity index (χ2v) is 6.05. The van der Waals surface area contributed by atoms with E-state index in [-0.39, 0.29) is 14.8 Å². The first-order chi connectivity index (χ1) is 4.63. The Bertz CT molecular complexity index is 192. The molecule has 0 aromatic carbocycles. The van der Waals surface area contributed by atoms with Crippen LogP contribution in [0.3, 0.4) is 0 Å². The molecule has 0 bridgehead atoms. The van der Waals surface area contributed by atoms with Crippen LogP contribution in [0.25, 0.3) is 0 Å². The van der Waals surface area contributed by atoms with E-state index in [1.165, 1.54) is 11.9 Å². The highest BCUT2D eigenvalue weighted by molar-refractivity contribution is 9.25. The van der Waals surface area contributed by atoms with Crippen molar-refractivity contribution in [3.63, 3.8) is 0 Å². The molecule has 0 spiro atoms. The van der Waals surface area contributed by atoms with Crippen LogP contribution in [0.15, 0.2) is 4.40 Å².